The summed E-state index contributed by atoms with van der Waals surface area (Å²) in [6.07, 6.45) is 4.90. The molecule has 1 aliphatic heterocycles. The predicted octanol–water partition coefficient (Wildman–Crippen LogP) is 3.14. The van der Waals surface area contributed by atoms with Crippen LogP contribution in [0.5, 0.6) is 0 Å². The number of ether oxygens (including phenoxy) is 1. The first-order valence-electron chi connectivity index (χ1n) is 7.57. The normalized spacial score (nSPS) is 18.4. The summed E-state index contributed by atoms with van der Waals surface area (Å²) in [7, 11) is 0. The second-order valence-electron chi connectivity index (χ2n) is 5.58. The van der Waals surface area contributed by atoms with Crippen LogP contribution in [0.2, 0.25) is 5.15 Å². The van der Waals surface area contributed by atoms with Gasteiger partial charge in [-0.2, -0.15) is 10.2 Å². The molecule has 0 aliphatic carbocycles. The summed E-state index contributed by atoms with van der Waals surface area (Å²) < 4.78 is 7.72. The first-order valence-corrected chi connectivity index (χ1v) is 7.95. The lowest BCUT2D eigenvalue weighted by Crippen LogP contribution is -2.18. The van der Waals surface area contributed by atoms with E-state index >= 15 is 0 Å². The highest BCUT2D eigenvalue weighted by Gasteiger charge is 2.20. The van der Waals surface area contributed by atoms with Gasteiger partial charge in [0.05, 0.1) is 17.3 Å². The summed E-state index contributed by atoms with van der Waals surface area (Å²) in [5.41, 5.74) is 1.94. The molecule has 2 aromatic heterocycles. The van der Waals surface area contributed by atoms with Gasteiger partial charge in [-0.25, -0.2) is 9.78 Å². The molecule has 23 heavy (non-hydrogen) atoms. The highest BCUT2D eigenvalue weighted by atomic mass is 35.5. The molecule has 0 amide bonds. The van der Waals surface area contributed by atoms with Crippen LogP contribution in [0.4, 0.5) is 0 Å². The lowest BCUT2D eigenvalue weighted by atomic mass is 10.0. The minimum atomic E-state index is -0.274. The topological polar surface area (TPSA) is 72.8 Å². The summed E-state index contributed by atoms with van der Waals surface area (Å²) in [5, 5.41) is 11.8. The molecule has 1 aliphatic rings. The Balaban J connectivity index is 1.87. The average Bonchev–Trinajstić information content (AvgIpc) is 3.02. The molecule has 118 valence electrons. The molecule has 1 fully saturated rings. The molecule has 1 N–H and O–H groups in total. The van der Waals surface area contributed by atoms with Gasteiger partial charge in [-0.15, -0.1) is 0 Å². The van der Waals surface area contributed by atoms with Crippen molar-refractivity contribution in [3.8, 4) is 11.1 Å². The van der Waals surface area contributed by atoms with Crippen LogP contribution < -0.4 is 5.56 Å². The van der Waals surface area contributed by atoms with Gasteiger partial charge < -0.3 is 4.74 Å². The van der Waals surface area contributed by atoms with Crippen molar-refractivity contribution in [2.24, 2.45) is 0 Å². The Morgan fingerprint density at radius 2 is 2.22 bits per heavy atom. The van der Waals surface area contributed by atoms with Crippen LogP contribution in [0.15, 0.2) is 35.3 Å². The molecule has 0 bridgehead atoms. The second-order valence-corrected chi connectivity index (χ2v) is 5.97. The van der Waals surface area contributed by atoms with E-state index in [1.165, 1.54) is 0 Å². The van der Waals surface area contributed by atoms with Crippen LogP contribution in [0.1, 0.15) is 25.5 Å². The van der Waals surface area contributed by atoms with E-state index in [1.807, 2.05) is 22.9 Å². The molecule has 0 spiro atoms. The largest absolute Gasteiger partial charge is 0.356 e. The predicted molar refractivity (Wildman–Crippen MR) is 87.4 cm³/mol. The van der Waals surface area contributed by atoms with Crippen LogP contribution in [0.25, 0.3) is 22.0 Å². The van der Waals surface area contributed by atoms with E-state index in [1.54, 1.807) is 12.3 Å². The van der Waals surface area contributed by atoms with E-state index < -0.39 is 0 Å². The highest BCUT2D eigenvalue weighted by Crippen LogP contribution is 2.31. The maximum atomic E-state index is 12.1. The summed E-state index contributed by atoms with van der Waals surface area (Å²) in [6.45, 7) is 0.755. The van der Waals surface area contributed by atoms with Gasteiger partial charge in [0.2, 0.25) is 0 Å². The molecule has 3 aromatic rings. The Hall–Kier alpha value is -2.18. The molecule has 1 aromatic carbocycles. The summed E-state index contributed by atoms with van der Waals surface area (Å²) in [5.74, 6) is 0. The van der Waals surface area contributed by atoms with Crippen LogP contribution in [0.3, 0.4) is 0 Å². The van der Waals surface area contributed by atoms with Gasteiger partial charge in [0.25, 0.3) is 5.56 Å². The van der Waals surface area contributed by atoms with Gasteiger partial charge in [0, 0.05) is 12.0 Å². The van der Waals surface area contributed by atoms with E-state index in [0.29, 0.717) is 5.56 Å². The fraction of sp³-hybridized carbons (Fsp3) is 0.312. The second kappa shape index (κ2) is 5.79. The summed E-state index contributed by atoms with van der Waals surface area (Å²) in [4.78, 5) is 12.1. The number of benzene rings is 1. The van der Waals surface area contributed by atoms with Crippen molar-refractivity contribution in [1.29, 1.82) is 0 Å². The van der Waals surface area contributed by atoms with Crippen molar-refractivity contribution < 1.29 is 4.74 Å². The molecule has 1 unspecified atom stereocenters. The van der Waals surface area contributed by atoms with Crippen LogP contribution in [-0.2, 0) is 4.74 Å². The lowest BCUT2D eigenvalue weighted by molar-refractivity contribution is -0.0366. The first-order chi connectivity index (χ1) is 11.2. The zero-order valence-electron chi connectivity index (χ0n) is 12.3. The Bertz CT molecular complexity index is 912. The van der Waals surface area contributed by atoms with Gasteiger partial charge in [-0.1, -0.05) is 23.7 Å². The Morgan fingerprint density at radius 1 is 1.30 bits per heavy atom. The van der Waals surface area contributed by atoms with Gasteiger partial charge in [0.1, 0.15) is 5.15 Å². The number of aromatic amines is 1. The molecule has 3 heterocycles. The number of nitrogens with one attached hydrogen (secondary N) is 1. The van der Waals surface area contributed by atoms with E-state index in [4.69, 9.17) is 16.3 Å². The quantitative estimate of drug-likeness (QED) is 0.783. The minimum Gasteiger partial charge on any atom is -0.356 e. The smallest absolute Gasteiger partial charge is 0.272 e. The van der Waals surface area contributed by atoms with Crippen molar-refractivity contribution >= 4 is 22.5 Å². The lowest BCUT2D eigenvalue weighted by Gasteiger charge is -2.23. The van der Waals surface area contributed by atoms with E-state index in [2.05, 4.69) is 15.3 Å². The van der Waals surface area contributed by atoms with Crippen molar-refractivity contribution in [3.05, 3.63) is 46.0 Å². The van der Waals surface area contributed by atoms with Crippen LogP contribution in [-0.4, -0.2) is 26.6 Å². The number of hydrogen-bond donors (Lipinski definition) is 1. The third kappa shape index (κ3) is 2.54. The number of hydrogen-bond acceptors (Lipinski definition) is 4. The molecule has 6 nitrogen and oxygen atoms in total. The van der Waals surface area contributed by atoms with Gasteiger partial charge >= 0.3 is 0 Å². The van der Waals surface area contributed by atoms with Crippen LogP contribution >= 0.6 is 11.6 Å². The Kier molecular flexibility index (Phi) is 3.63. The van der Waals surface area contributed by atoms with Gasteiger partial charge in [0.15, 0.2) is 6.23 Å². The summed E-state index contributed by atoms with van der Waals surface area (Å²) >= 11 is 5.92. The van der Waals surface area contributed by atoms with Crippen molar-refractivity contribution in [1.82, 2.24) is 20.0 Å². The van der Waals surface area contributed by atoms with Crippen molar-refractivity contribution in [2.75, 3.05) is 6.61 Å². The number of nitrogens with zero attached hydrogens (tertiary/aromatic N) is 3. The van der Waals surface area contributed by atoms with E-state index in [0.717, 1.165) is 42.3 Å². The number of rotatable bonds is 2. The third-order valence-corrected chi connectivity index (χ3v) is 4.33. The van der Waals surface area contributed by atoms with Crippen LogP contribution in [0, 0.1) is 0 Å². The zero-order chi connectivity index (χ0) is 15.8. The fourth-order valence-electron chi connectivity index (χ4n) is 3.03. The number of H-pyrrole nitrogens is 1. The summed E-state index contributed by atoms with van der Waals surface area (Å²) in [6, 6.07) is 7.35. The third-order valence-electron chi connectivity index (χ3n) is 4.13. The Morgan fingerprint density at radius 3 is 3.04 bits per heavy atom. The standard InChI is InChI=1S/C16H15ClN4O2/c17-14-8-11(16(22)20-19-14)10-4-3-5-13-12(10)9-18-21(13)15-6-1-2-7-23-15/h3-5,8-9,15H,1-2,6-7H2,(H,20,22). The van der Waals surface area contributed by atoms with Crippen molar-refractivity contribution in [2.45, 2.75) is 25.5 Å². The number of fused-ring (bicyclic) bond motifs is 1. The maximum Gasteiger partial charge on any atom is 0.272 e. The Labute approximate surface area is 137 Å². The molecule has 4 rings (SSSR count). The molecule has 0 saturated carbocycles. The number of halogens is 1. The van der Waals surface area contributed by atoms with E-state index in [-0.39, 0.29) is 16.9 Å². The van der Waals surface area contributed by atoms with Crippen molar-refractivity contribution in [3.63, 3.8) is 0 Å². The number of aromatic nitrogens is 4. The first kappa shape index (κ1) is 14.4. The molecule has 1 atom stereocenters. The van der Waals surface area contributed by atoms with E-state index in [9.17, 15) is 4.79 Å². The molecule has 7 heteroatoms. The monoisotopic (exact) mass is 330 g/mol. The maximum absolute atomic E-state index is 12.1. The highest BCUT2D eigenvalue weighted by molar-refractivity contribution is 6.29. The molecule has 0 radical (unpaired) electrons. The fourth-order valence-corrected chi connectivity index (χ4v) is 3.18. The SMILES string of the molecule is O=c1[nH]nc(Cl)cc1-c1cccc2c1cnn2C1CCCCO1. The minimum absolute atomic E-state index is 0.0455. The van der Waals surface area contributed by atoms with Gasteiger partial charge in [-0.05, 0) is 37.0 Å². The zero-order valence-corrected chi connectivity index (χ0v) is 13.1. The molecular formula is C16H15ClN4O2. The molecule has 1 saturated heterocycles. The van der Waals surface area contributed by atoms with Gasteiger partial charge in [-0.3, -0.25) is 4.79 Å². The average molecular weight is 331 g/mol. The molecular weight excluding hydrogens is 316 g/mol.